The van der Waals surface area contributed by atoms with Crippen LogP contribution in [0.15, 0.2) is 0 Å². The van der Waals surface area contributed by atoms with Gasteiger partial charge in [0.25, 0.3) is 0 Å². The maximum absolute atomic E-state index is 10.6. The van der Waals surface area contributed by atoms with Crippen LogP contribution in [-0.4, -0.2) is 22.6 Å². The third-order valence-corrected chi connectivity index (χ3v) is 4.35. The van der Waals surface area contributed by atoms with Gasteiger partial charge in [0.2, 0.25) is 0 Å². The van der Waals surface area contributed by atoms with Gasteiger partial charge in [0.15, 0.2) is 0 Å². The van der Waals surface area contributed by atoms with Gasteiger partial charge in [-0.25, -0.2) is 4.57 Å². The highest BCUT2D eigenvalue weighted by molar-refractivity contribution is 7.46. The van der Waals surface area contributed by atoms with Crippen molar-refractivity contribution in [3.8, 4) is 0 Å². The Bertz CT molecular complexity index is 283. The molecule has 1 unspecified atom stereocenters. The van der Waals surface area contributed by atoms with E-state index < -0.39 is 14.1 Å². The topological polar surface area (TPSA) is 78.8 Å². The van der Waals surface area contributed by atoms with Crippen LogP contribution in [0.2, 0.25) is 0 Å². The van der Waals surface area contributed by atoms with Gasteiger partial charge in [0.1, 0.15) is 6.23 Å². The van der Waals surface area contributed by atoms with Crippen molar-refractivity contribution in [3.05, 3.63) is 0 Å². The van der Waals surface area contributed by atoms with E-state index in [1.54, 1.807) is 6.92 Å². The van der Waals surface area contributed by atoms with E-state index in [9.17, 15) is 4.57 Å². The lowest BCUT2D eigenvalue weighted by molar-refractivity contribution is 0.121. The fourth-order valence-electron chi connectivity index (χ4n) is 2.51. The number of hydrogen-bond donors (Lipinski definition) is 3. The second-order valence-electron chi connectivity index (χ2n) is 6.08. The van der Waals surface area contributed by atoms with Gasteiger partial charge >= 0.3 is 7.82 Å². The van der Waals surface area contributed by atoms with Crippen molar-refractivity contribution in [2.24, 2.45) is 0 Å². The summed E-state index contributed by atoms with van der Waals surface area (Å²) in [4.78, 5) is 17.3. The zero-order chi connectivity index (χ0) is 16.7. The standard InChI is InChI=1S/C16H36NO4P/c1-3-4-5-6-7-8-9-10-11-12-13-14-15-17-16(2)21-22(18,19)20/h16-17H,3-15H2,1-2H3,(H2,18,19,20). The molecule has 0 bridgehead atoms. The zero-order valence-electron chi connectivity index (χ0n) is 14.4. The van der Waals surface area contributed by atoms with E-state index in [0.717, 1.165) is 19.4 Å². The van der Waals surface area contributed by atoms with Crippen LogP contribution in [0.4, 0.5) is 0 Å². The monoisotopic (exact) mass is 337 g/mol. The summed E-state index contributed by atoms with van der Waals surface area (Å²) in [5, 5.41) is 2.96. The number of phosphoric ester groups is 1. The summed E-state index contributed by atoms with van der Waals surface area (Å²) < 4.78 is 15.1. The first-order valence-corrected chi connectivity index (χ1v) is 10.5. The number of nitrogens with one attached hydrogen (secondary N) is 1. The highest BCUT2D eigenvalue weighted by atomic mass is 31.2. The first-order valence-electron chi connectivity index (χ1n) is 8.93. The summed E-state index contributed by atoms with van der Waals surface area (Å²) in [6.07, 6.45) is 15.1. The third kappa shape index (κ3) is 18.1. The average molecular weight is 337 g/mol. The molecular weight excluding hydrogens is 301 g/mol. The lowest BCUT2D eigenvalue weighted by atomic mass is 10.1. The van der Waals surface area contributed by atoms with Crippen molar-refractivity contribution in [1.29, 1.82) is 0 Å². The highest BCUT2D eigenvalue weighted by Gasteiger charge is 2.17. The third-order valence-electron chi connectivity index (χ3n) is 3.76. The minimum atomic E-state index is -4.37. The maximum Gasteiger partial charge on any atom is 0.471 e. The minimum absolute atomic E-state index is 0.603. The number of rotatable bonds is 16. The summed E-state index contributed by atoms with van der Waals surface area (Å²) in [6.45, 7) is 4.60. The molecule has 0 aromatic carbocycles. The molecule has 0 aliphatic heterocycles. The predicted molar refractivity (Wildman–Crippen MR) is 91.7 cm³/mol. The summed E-state index contributed by atoms with van der Waals surface area (Å²) in [7, 11) is -4.37. The molecule has 0 radical (unpaired) electrons. The smallest absolute Gasteiger partial charge is 0.303 e. The van der Waals surface area contributed by atoms with Gasteiger partial charge in [-0.1, -0.05) is 77.6 Å². The molecule has 0 aromatic heterocycles. The largest absolute Gasteiger partial charge is 0.471 e. The van der Waals surface area contributed by atoms with Crippen molar-refractivity contribution >= 4 is 7.82 Å². The summed E-state index contributed by atoms with van der Waals surface area (Å²) in [5.74, 6) is 0. The van der Waals surface area contributed by atoms with Gasteiger partial charge < -0.3 is 9.79 Å². The molecule has 6 heteroatoms. The van der Waals surface area contributed by atoms with Gasteiger partial charge in [0, 0.05) is 0 Å². The molecule has 0 aromatic rings. The second-order valence-corrected chi connectivity index (χ2v) is 7.27. The molecule has 0 saturated heterocycles. The second kappa shape index (κ2) is 14.6. The highest BCUT2D eigenvalue weighted by Crippen LogP contribution is 2.36. The van der Waals surface area contributed by atoms with Crippen molar-refractivity contribution < 1.29 is 18.9 Å². The lowest BCUT2D eigenvalue weighted by Crippen LogP contribution is -2.28. The Hall–Kier alpha value is 0.0700. The Morgan fingerprint density at radius 2 is 1.27 bits per heavy atom. The Labute approximate surface area is 136 Å². The summed E-state index contributed by atoms with van der Waals surface area (Å²) >= 11 is 0. The maximum atomic E-state index is 10.6. The summed E-state index contributed by atoms with van der Waals surface area (Å²) in [5.41, 5.74) is 0. The molecule has 22 heavy (non-hydrogen) atoms. The molecule has 0 aliphatic carbocycles. The van der Waals surface area contributed by atoms with Gasteiger partial charge in [0.05, 0.1) is 0 Å². The SMILES string of the molecule is CCCCCCCCCCCCCCNC(C)OP(=O)(O)O. The molecule has 0 fully saturated rings. The quantitative estimate of drug-likeness (QED) is 0.215. The van der Waals surface area contributed by atoms with Gasteiger partial charge in [-0.3, -0.25) is 9.84 Å². The van der Waals surface area contributed by atoms with E-state index in [1.165, 1.54) is 64.2 Å². The fraction of sp³-hybridized carbons (Fsp3) is 1.00. The van der Waals surface area contributed by atoms with Crippen LogP contribution in [0.25, 0.3) is 0 Å². The Kier molecular flexibility index (Phi) is 14.7. The molecule has 0 aliphatic rings. The van der Waals surface area contributed by atoms with Crippen molar-refractivity contribution in [1.82, 2.24) is 5.32 Å². The predicted octanol–water partition coefficient (Wildman–Crippen LogP) is 4.73. The van der Waals surface area contributed by atoms with Crippen LogP contribution in [0.5, 0.6) is 0 Å². The van der Waals surface area contributed by atoms with Crippen molar-refractivity contribution in [2.75, 3.05) is 6.54 Å². The molecule has 134 valence electrons. The molecule has 0 rings (SSSR count). The fourth-order valence-corrected chi connectivity index (χ4v) is 3.00. The van der Waals surface area contributed by atoms with E-state index in [2.05, 4.69) is 16.8 Å². The van der Waals surface area contributed by atoms with Crippen molar-refractivity contribution in [2.45, 2.75) is 97.1 Å². The molecular formula is C16H36NO4P. The van der Waals surface area contributed by atoms with Crippen LogP contribution < -0.4 is 5.32 Å². The molecule has 0 spiro atoms. The van der Waals surface area contributed by atoms with E-state index in [0.29, 0.717) is 0 Å². The van der Waals surface area contributed by atoms with Crippen LogP contribution in [0.3, 0.4) is 0 Å². The Morgan fingerprint density at radius 3 is 1.68 bits per heavy atom. The summed E-state index contributed by atoms with van der Waals surface area (Å²) in [6, 6.07) is 0. The first-order chi connectivity index (χ1) is 10.5. The minimum Gasteiger partial charge on any atom is -0.303 e. The van der Waals surface area contributed by atoms with Crippen molar-refractivity contribution in [3.63, 3.8) is 0 Å². The molecule has 5 nitrogen and oxygen atoms in total. The van der Waals surface area contributed by atoms with E-state index in [-0.39, 0.29) is 0 Å². The molecule has 0 heterocycles. The van der Waals surface area contributed by atoms with Crippen LogP contribution in [0, 0.1) is 0 Å². The van der Waals surface area contributed by atoms with E-state index in [1.807, 2.05) is 0 Å². The normalized spacial score (nSPS) is 13.5. The molecule has 0 amide bonds. The van der Waals surface area contributed by atoms with Crippen LogP contribution >= 0.6 is 7.82 Å². The van der Waals surface area contributed by atoms with Crippen LogP contribution in [0.1, 0.15) is 90.9 Å². The average Bonchev–Trinajstić information content (AvgIpc) is 2.42. The number of hydrogen-bond acceptors (Lipinski definition) is 3. The molecule has 3 N–H and O–H groups in total. The number of unbranched alkanes of at least 4 members (excludes halogenated alkanes) is 11. The Balaban J connectivity index is 3.16. The zero-order valence-corrected chi connectivity index (χ0v) is 15.3. The van der Waals surface area contributed by atoms with Gasteiger partial charge in [-0.15, -0.1) is 0 Å². The van der Waals surface area contributed by atoms with E-state index >= 15 is 0 Å². The first kappa shape index (κ1) is 22.1. The van der Waals surface area contributed by atoms with Gasteiger partial charge in [-0.2, -0.15) is 0 Å². The number of phosphoric acid groups is 1. The lowest BCUT2D eigenvalue weighted by Gasteiger charge is -2.14. The van der Waals surface area contributed by atoms with E-state index in [4.69, 9.17) is 9.79 Å². The van der Waals surface area contributed by atoms with Crippen LogP contribution in [-0.2, 0) is 9.09 Å². The molecule has 1 atom stereocenters. The molecule has 0 saturated carbocycles. The Morgan fingerprint density at radius 1 is 0.864 bits per heavy atom. The van der Waals surface area contributed by atoms with Gasteiger partial charge in [-0.05, 0) is 19.9 Å².